The minimum atomic E-state index is -1.91. The second kappa shape index (κ2) is 16.3. The fourth-order valence-corrected chi connectivity index (χ4v) is 5.89. The summed E-state index contributed by atoms with van der Waals surface area (Å²) in [6, 6.07) is 0. The first-order valence-corrected chi connectivity index (χ1v) is 14.8. The highest BCUT2D eigenvalue weighted by molar-refractivity contribution is 4.97. The van der Waals surface area contributed by atoms with Gasteiger partial charge >= 0.3 is 0 Å². The molecule has 9 unspecified atom stereocenters. The molecule has 46 heavy (non-hydrogen) atoms. The first-order chi connectivity index (χ1) is 21.8. The van der Waals surface area contributed by atoms with E-state index >= 15 is 0 Å². The number of aliphatic hydroxyl groups excluding tert-OH is 12. The van der Waals surface area contributed by atoms with Crippen LogP contribution in [0.15, 0.2) is 0 Å². The molecule has 0 amide bonds. The van der Waals surface area contributed by atoms with Crippen molar-refractivity contribution in [1.29, 1.82) is 0 Å². The Balaban J connectivity index is 1.46. The molecule has 20 heteroatoms. The predicted molar refractivity (Wildman–Crippen MR) is 142 cm³/mol. The summed E-state index contributed by atoms with van der Waals surface area (Å²) >= 11 is 0. The third-order valence-electron chi connectivity index (χ3n) is 8.70. The average molecular weight is 679 g/mol. The van der Waals surface area contributed by atoms with Gasteiger partial charge in [0.1, 0.15) is 97.7 Å². The molecule has 20 nitrogen and oxygen atoms in total. The van der Waals surface area contributed by atoms with Gasteiger partial charge in [-0.2, -0.15) is 0 Å². The number of methoxy groups -OCH3 is 1. The molecule has 0 aromatic rings. The van der Waals surface area contributed by atoms with Gasteiger partial charge in [0, 0.05) is 7.11 Å². The molecule has 4 fully saturated rings. The van der Waals surface area contributed by atoms with Gasteiger partial charge in [0.25, 0.3) is 0 Å². The number of hydrogen-bond acceptors (Lipinski definition) is 20. The van der Waals surface area contributed by atoms with E-state index in [0.717, 1.165) is 0 Å². The van der Waals surface area contributed by atoms with Crippen molar-refractivity contribution in [3.8, 4) is 0 Å². The molecule has 4 heterocycles. The van der Waals surface area contributed by atoms with Crippen LogP contribution in [-0.2, 0) is 37.9 Å². The molecule has 0 aliphatic carbocycles. The van der Waals surface area contributed by atoms with Gasteiger partial charge in [0.2, 0.25) is 0 Å². The van der Waals surface area contributed by atoms with Crippen molar-refractivity contribution in [2.24, 2.45) is 0 Å². The molecular weight excluding hydrogens is 632 g/mol. The lowest BCUT2D eigenvalue weighted by molar-refractivity contribution is -0.375. The first-order valence-electron chi connectivity index (χ1n) is 14.8. The summed E-state index contributed by atoms with van der Waals surface area (Å²) < 4.78 is 43.8. The molecule has 4 saturated heterocycles. The Morgan fingerprint density at radius 3 is 1.41 bits per heavy atom. The topological polar surface area (TPSA) is 317 Å². The lowest BCUT2D eigenvalue weighted by Crippen LogP contribution is -2.67. The molecule has 0 spiro atoms. The van der Waals surface area contributed by atoms with E-state index in [4.69, 9.17) is 37.9 Å². The number of aliphatic hydroxyl groups is 12. The Morgan fingerprint density at radius 2 is 0.891 bits per heavy atom. The maximum atomic E-state index is 11.1. The van der Waals surface area contributed by atoms with E-state index in [1.807, 2.05) is 0 Å². The number of ether oxygens (including phenoxy) is 8. The van der Waals surface area contributed by atoms with Gasteiger partial charge in [-0.3, -0.25) is 0 Å². The van der Waals surface area contributed by atoms with Crippen LogP contribution in [0.3, 0.4) is 0 Å². The third kappa shape index (κ3) is 7.66. The fraction of sp³-hybridized carbons (Fsp3) is 1.00. The molecule has 0 aromatic heterocycles. The minimum absolute atomic E-state index is 0.520. The van der Waals surface area contributed by atoms with Crippen molar-refractivity contribution in [2.75, 3.05) is 33.5 Å². The predicted octanol–water partition coefficient (Wildman–Crippen LogP) is -8.02. The largest absolute Gasteiger partial charge is 0.394 e. The van der Waals surface area contributed by atoms with Crippen molar-refractivity contribution in [1.82, 2.24) is 0 Å². The highest BCUT2D eigenvalue weighted by Crippen LogP contribution is 2.33. The number of rotatable bonds is 11. The second-order valence-corrected chi connectivity index (χ2v) is 11.7. The van der Waals surface area contributed by atoms with Crippen LogP contribution in [0.25, 0.3) is 0 Å². The summed E-state index contributed by atoms with van der Waals surface area (Å²) in [5, 5.41) is 124. The van der Waals surface area contributed by atoms with Gasteiger partial charge in [-0.15, -0.1) is 0 Å². The quantitative estimate of drug-likeness (QED) is 0.0965. The van der Waals surface area contributed by atoms with Crippen LogP contribution < -0.4 is 0 Å². The smallest absolute Gasteiger partial charge is 0.187 e. The molecule has 0 aromatic carbocycles. The molecule has 4 aliphatic rings. The van der Waals surface area contributed by atoms with Gasteiger partial charge in [-0.1, -0.05) is 0 Å². The van der Waals surface area contributed by atoms with Crippen LogP contribution in [0.5, 0.6) is 0 Å². The molecule has 0 bridgehead atoms. The zero-order valence-corrected chi connectivity index (χ0v) is 25.0. The summed E-state index contributed by atoms with van der Waals surface area (Å²) in [6.45, 7) is -1.30. The molecule has 270 valence electrons. The molecule has 4 aliphatic heterocycles. The Bertz CT molecular complexity index is 932. The van der Waals surface area contributed by atoms with Gasteiger partial charge in [0.15, 0.2) is 18.9 Å². The summed E-state index contributed by atoms with van der Waals surface area (Å²) in [7, 11) is 1.19. The minimum Gasteiger partial charge on any atom is -0.394 e. The van der Waals surface area contributed by atoms with E-state index in [-0.39, 0.29) is 0 Å². The van der Waals surface area contributed by atoms with Crippen LogP contribution >= 0.6 is 0 Å². The van der Waals surface area contributed by atoms with Crippen molar-refractivity contribution in [3.05, 3.63) is 0 Å². The molecule has 12 N–H and O–H groups in total. The van der Waals surface area contributed by atoms with Gasteiger partial charge < -0.3 is 99.2 Å². The molecule has 0 radical (unpaired) electrons. The Kier molecular flexibility index (Phi) is 13.4. The van der Waals surface area contributed by atoms with Crippen LogP contribution in [0.2, 0.25) is 0 Å². The van der Waals surface area contributed by atoms with Crippen molar-refractivity contribution in [2.45, 2.75) is 130 Å². The monoisotopic (exact) mass is 678 g/mol. The van der Waals surface area contributed by atoms with E-state index in [9.17, 15) is 61.3 Å². The van der Waals surface area contributed by atoms with Gasteiger partial charge in [-0.25, -0.2) is 0 Å². The average Bonchev–Trinajstić information content (AvgIpc) is 3.04. The van der Waals surface area contributed by atoms with E-state index in [1.165, 1.54) is 14.0 Å². The zero-order valence-electron chi connectivity index (χ0n) is 25.0. The highest BCUT2D eigenvalue weighted by atomic mass is 16.7. The van der Waals surface area contributed by atoms with E-state index in [1.54, 1.807) is 0 Å². The highest BCUT2D eigenvalue weighted by Gasteiger charge is 2.54. The van der Waals surface area contributed by atoms with Crippen molar-refractivity contribution >= 4 is 0 Å². The standard InChI is InChI=1S/C26H46O20/c1-7-12(30)22(16(34)11(41-7)6-40-24-18(36)17(35)13(31)8(3-27)42-24)45-26-20(38)23(15(33)10(5-29)44-26)46-25-19(37)21(39-2)14(32)9(4-28)43-25/h7-38H,3-6H2,1-2H3/t7?,8?,9?,10?,11?,12?,13-,14-,15-,16-,17+,18?,19?,20?,21+,22-,23+,24-,25+,26+/m1/s1. The molecular formula is C26H46O20. The van der Waals surface area contributed by atoms with Gasteiger partial charge in [0.05, 0.1) is 32.5 Å². The maximum Gasteiger partial charge on any atom is 0.187 e. The zero-order chi connectivity index (χ0) is 34.0. The van der Waals surface area contributed by atoms with Crippen LogP contribution in [0.1, 0.15) is 6.92 Å². The molecule has 4 rings (SSSR count). The normalized spacial score (nSPS) is 52.0. The summed E-state index contributed by atoms with van der Waals surface area (Å²) in [5.41, 5.74) is 0. The maximum absolute atomic E-state index is 11.1. The summed E-state index contributed by atoms with van der Waals surface area (Å²) in [6.07, 6.45) is -30.9. The van der Waals surface area contributed by atoms with E-state index in [0.29, 0.717) is 0 Å². The second-order valence-electron chi connectivity index (χ2n) is 11.7. The first kappa shape index (κ1) is 38.0. The molecule has 20 atom stereocenters. The lowest BCUT2D eigenvalue weighted by atomic mass is 9.94. The summed E-state index contributed by atoms with van der Waals surface area (Å²) in [5.74, 6) is 0. The third-order valence-corrected chi connectivity index (χ3v) is 8.70. The summed E-state index contributed by atoms with van der Waals surface area (Å²) in [4.78, 5) is 0. The Labute approximate surface area is 262 Å². The van der Waals surface area contributed by atoms with Crippen LogP contribution in [0, 0.1) is 0 Å². The SMILES string of the molecule is CO[C@@H]1C(O)[C@H](O[C@@H]2C(O)[C@H](O[C@@H]3C(O)C(C)OC(CO[C@@H]4OC(CO)[C@@H](O)[C@H](O)C4O)[C@H]3O)OC(CO)[C@H]2O)OC(CO)[C@H]1O. The van der Waals surface area contributed by atoms with Gasteiger partial charge in [-0.05, 0) is 6.92 Å². The Morgan fingerprint density at radius 1 is 0.457 bits per heavy atom. The van der Waals surface area contributed by atoms with Crippen molar-refractivity contribution in [3.63, 3.8) is 0 Å². The van der Waals surface area contributed by atoms with Crippen molar-refractivity contribution < 1.29 is 99.2 Å². The van der Waals surface area contributed by atoms with E-state index in [2.05, 4.69) is 0 Å². The van der Waals surface area contributed by atoms with E-state index < -0.39 is 149 Å². The van der Waals surface area contributed by atoms with Crippen LogP contribution in [0.4, 0.5) is 0 Å². The fourth-order valence-electron chi connectivity index (χ4n) is 5.89. The molecule has 0 saturated carbocycles. The lowest BCUT2D eigenvalue weighted by Gasteiger charge is -2.48. The van der Waals surface area contributed by atoms with Crippen LogP contribution in [-0.4, -0.2) is 217 Å². The number of hydrogen-bond donors (Lipinski definition) is 12. The Hall–Kier alpha value is -0.800.